The summed E-state index contributed by atoms with van der Waals surface area (Å²) in [6, 6.07) is 13.2. The predicted octanol–water partition coefficient (Wildman–Crippen LogP) is 3.74. The van der Waals surface area contributed by atoms with Crippen LogP contribution in [-0.2, 0) is 16.7 Å². The molecule has 1 aromatic heterocycles. The number of thiophene rings is 1. The number of nitrogens with zero attached hydrogens (tertiary/aromatic N) is 1. The second-order valence-corrected chi connectivity index (χ2v) is 8.04. The van der Waals surface area contributed by atoms with Crippen LogP contribution in [0.2, 0.25) is 0 Å². The van der Waals surface area contributed by atoms with Gasteiger partial charge in [0.1, 0.15) is 0 Å². The van der Waals surface area contributed by atoms with Gasteiger partial charge in [-0.05, 0) is 54.9 Å². The Labute approximate surface area is 147 Å². The predicted molar refractivity (Wildman–Crippen MR) is 97.3 cm³/mol. The van der Waals surface area contributed by atoms with E-state index in [4.69, 9.17) is 9.84 Å². The standard InChI is InChI=1S/C20H25NO2S/c22-11-12-23-19-14-20(18-6-2-1-5-17(18)19)7-9-21(10-8-20)15-16-4-3-13-24-16/h1-6,13,19,22H,7-12,14-15H2/t19-/m1/s1. The molecule has 0 amide bonds. The number of likely N-dealkylation sites (tertiary alicyclic amines) is 1. The highest BCUT2D eigenvalue weighted by Crippen LogP contribution is 2.52. The zero-order valence-electron chi connectivity index (χ0n) is 14.0. The van der Waals surface area contributed by atoms with Crippen LogP contribution in [0.25, 0.3) is 0 Å². The largest absolute Gasteiger partial charge is 0.394 e. The Morgan fingerprint density at radius 1 is 1.17 bits per heavy atom. The van der Waals surface area contributed by atoms with Gasteiger partial charge in [-0.1, -0.05) is 30.3 Å². The third-order valence-corrected chi connectivity index (χ3v) is 6.50. The molecule has 128 valence electrons. The number of fused-ring (bicyclic) bond motifs is 2. The zero-order chi connectivity index (χ0) is 16.4. The van der Waals surface area contributed by atoms with Crippen molar-refractivity contribution in [1.82, 2.24) is 4.90 Å². The number of hydrogen-bond donors (Lipinski definition) is 1. The van der Waals surface area contributed by atoms with Gasteiger partial charge < -0.3 is 9.84 Å². The molecule has 2 aliphatic rings. The van der Waals surface area contributed by atoms with E-state index < -0.39 is 0 Å². The molecular weight excluding hydrogens is 318 g/mol. The minimum Gasteiger partial charge on any atom is -0.394 e. The topological polar surface area (TPSA) is 32.7 Å². The maximum atomic E-state index is 9.10. The van der Waals surface area contributed by atoms with E-state index in [2.05, 4.69) is 46.7 Å². The molecular formula is C20H25NO2S. The Morgan fingerprint density at radius 2 is 2.00 bits per heavy atom. The molecule has 0 unspecified atom stereocenters. The lowest BCUT2D eigenvalue weighted by atomic mass is 9.73. The molecule has 24 heavy (non-hydrogen) atoms. The molecule has 1 fully saturated rings. The Bertz CT molecular complexity index is 662. The highest BCUT2D eigenvalue weighted by atomic mass is 32.1. The van der Waals surface area contributed by atoms with E-state index >= 15 is 0 Å². The monoisotopic (exact) mass is 343 g/mol. The summed E-state index contributed by atoms with van der Waals surface area (Å²) >= 11 is 1.85. The van der Waals surface area contributed by atoms with Gasteiger partial charge >= 0.3 is 0 Å². The summed E-state index contributed by atoms with van der Waals surface area (Å²) in [5, 5.41) is 11.3. The highest BCUT2D eigenvalue weighted by molar-refractivity contribution is 7.09. The minimum absolute atomic E-state index is 0.0975. The first-order valence-corrected chi connectivity index (χ1v) is 9.75. The van der Waals surface area contributed by atoms with Crippen molar-refractivity contribution in [3.05, 3.63) is 57.8 Å². The normalized spacial score (nSPS) is 22.8. The molecule has 1 aliphatic carbocycles. The van der Waals surface area contributed by atoms with E-state index in [-0.39, 0.29) is 18.1 Å². The number of hydrogen-bond acceptors (Lipinski definition) is 4. The maximum absolute atomic E-state index is 9.10. The molecule has 2 aromatic rings. The number of piperidine rings is 1. The smallest absolute Gasteiger partial charge is 0.0837 e. The Kier molecular flexibility index (Phi) is 4.72. The van der Waals surface area contributed by atoms with Crippen LogP contribution in [0.1, 0.15) is 41.4 Å². The van der Waals surface area contributed by atoms with Crippen molar-refractivity contribution >= 4 is 11.3 Å². The average molecular weight is 343 g/mol. The fraction of sp³-hybridized carbons (Fsp3) is 0.500. The molecule has 4 heteroatoms. The second kappa shape index (κ2) is 6.96. The molecule has 0 radical (unpaired) electrons. The highest BCUT2D eigenvalue weighted by Gasteiger charge is 2.45. The third-order valence-electron chi connectivity index (χ3n) is 5.64. The van der Waals surface area contributed by atoms with Gasteiger partial charge in [0, 0.05) is 16.8 Å². The number of aliphatic hydroxyl groups excluding tert-OH is 1. The molecule has 1 atom stereocenters. The lowest BCUT2D eigenvalue weighted by molar-refractivity contribution is 0.0128. The van der Waals surface area contributed by atoms with Crippen molar-refractivity contribution in [3.8, 4) is 0 Å². The summed E-state index contributed by atoms with van der Waals surface area (Å²) < 4.78 is 5.96. The summed E-state index contributed by atoms with van der Waals surface area (Å²) in [4.78, 5) is 4.05. The third kappa shape index (κ3) is 3.04. The lowest BCUT2D eigenvalue weighted by Gasteiger charge is -2.40. The van der Waals surface area contributed by atoms with Crippen molar-refractivity contribution in [2.45, 2.75) is 37.3 Å². The van der Waals surface area contributed by atoms with Gasteiger partial charge in [0.15, 0.2) is 0 Å². The molecule has 1 N–H and O–H groups in total. The van der Waals surface area contributed by atoms with Crippen molar-refractivity contribution in [2.24, 2.45) is 0 Å². The van der Waals surface area contributed by atoms with Gasteiger partial charge in [-0.2, -0.15) is 0 Å². The molecule has 1 aromatic carbocycles. The maximum Gasteiger partial charge on any atom is 0.0837 e. The van der Waals surface area contributed by atoms with Crippen LogP contribution in [0.15, 0.2) is 41.8 Å². The van der Waals surface area contributed by atoms with Crippen LogP contribution in [-0.4, -0.2) is 36.3 Å². The van der Waals surface area contributed by atoms with Crippen LogP contribution in [0, 0.1) is 0 Å². The summed E-state index contributed by atoms with van der Waals surface area (Å²) in [6.07, 6.45) is 3.62. The summed E-state index contributed by atoms with van der Waals surface area (Å²) in [6.45, 7) is 3.91. The SMILES string of the molecule is OCCO[C@@H]1CC2(CCN(Cc3cccs3)CC2)c2ccccc21. The number of aliphatic hydroxyl groups is 1. The Hall–Kier alpha value is -1.20. The van der Waals surface area contributed by atoms with Crippen LogP contribution in [0.3, 0.4) is 0 Å². The van der Waals surface area contributed by atoms with Crippen molar-refractivity contribution in [3.63, 3.8) is 0 Å². The minimum atomic E-state index is 0.0975. The first-order valence-electron chi connectivity index (χ1n) is 8.87. The lowest BCUT2D eigenvalue weighted by Crippen LogP contribution is -2.41. The van der Waals surface area contributed by atoms with Gasteiger partial charge in [-0.3, -0.25) is 4.90 Å². The van der Waals surface area contributed by atoms with Crippen molar-refractivity contribution < 1.29 is 9.84 Å². The summed E-state index contributed by atoms with van der Waals surface area (Å²) in [5.74, 6) is 0. The van der Waals surface area contributed by atoms with Gasteiger partial charge in [-0.15, -0.1) is 11.3 Å². The second-order valence-electron chi connectivity index (χ2n) is 7.01. The zero-order valence-corrected chi connectivity index (χ0v) is 14.8. The van der Waals surface area contributed by atoms with Gasteiger partial charge in [0.25, 0.3) is 0 Å². The van der Waals surface area contributed by atoms with Crippen LogP contribution >= 0.6 is 11.3 Å². The molecule has 0 saturated carbocycles. The molecule has 3 nitrogen and oxygen atoms in total. The first kappa shape index (κ1) is 16.3. The molecule has 1 saturated heterocycles. The molecule has 2 heterocycles. The average Bonchev–Trinajstić information content (AvgIpc) is 3.23. The molecule has 4 rings (SSSR count). The van der Waals surface area contributed by atoms with E-state index in [0.717, 1.165) is 26.1 Å². The summed E-state index contributed by atoms with van der Waals surface area (Å²) in [7, 11) is 0. The van der Waals surface area contributed by atoms with Crippen molar-refractivity contribution in [1.29, 1.82) is 0 Å². The molecule has 1 spiro atoms. The Balaban J connectivity index is 1.48. The number of rotatable bonds is 5. The van der Waals surface area contributed by atoms with Crippen LogP contribution < -0.4 is 0 Å². The van der Waals surface area contributed by atoms with E-state index in [1.54, 1.807) is 0 Å². The quantitative estimate of drug-likeness (QED) is 0.898. The molecule has 0 bridgehead atoms. The van der Waals surface area contributed by atoms with Gasteiger partial charge in [0.2, 0.25) is 0 Å². The van der Waals surface area contributed by atoms with Gasteiger partial charge in [0.05, 0.1) is 19.3 Å². The number of ether oxygens (including phenoxy) is 1. The summed E-state index contributed by atoms with van der Waals surface area (Å²) in [5.41, 5.74) is 3.10. The number of benzene rings is 1. The van der Waals surface area contributed by atoms with E-state index in [9.17, 15) is 0 Å². The van der Waals surface area contributed by atoms with Crippen LogP contribution in [0.5, 0.6) is 0 Å². The van der Waals surface area contributed by atoms with E-state index in [1.807, 2.05) is 11.3 Å². The van der Waals surface area contributed by atoms with Crippen molar-refractivity contribution in [2.75, 3.05) is 26.3 Å². The fourth-order valence-electron chi connectivity index (χ4n) is 4.41. The first-order chi connectivity index (χ1) is 11.8. The fourth-order valence-corrected chi connectivity index (χ4v) is 5.16. The molecule has 1 aliphatic heterocycles. The van der Waals surface area contributed by atoms with Gasteiger partial charge in [-0.25, -0.2) is 0 Å². The van der Waals surface area contributed by atoms with Crippen LogP contribution in [0.4, 0.5) is 0 Å². The Morgan fingerprint density at radius 3 is 2.75 bits per heavy atom. The van der Waals surface area contributed by atoms with E-state index in [0.29, 0.717) is 6.61 Å². The van der Waals surface area contributed by atoms with E-state index in [1.165, 1.54) is 28.8 Å².